The number of phenols is 1. The molecule has 2 aromatic carbocycles. The van der Waals surface area contributed by atoms with E-state index in [0.29, 0.717) is 23.1 Å². The van der Waals surface area contributed by atoms with Gasteiger partial charge in [0, 0.05) is 11.3 Å². The highest BCUT2D eigenvalue weighted by Gasteiger charge is 2.10. The van der Waals surface area contributed by atoms with Crippen LogP contribution in [-0.2, 0) is 0 Å². The number of carbonyl (C=O) groups is 2. The highest BCUT2D eigenvalue weighted by molar-refractivity contribution is 6.08. The Morgan fingerprint density at radius 3 is 2.39 bits per heavy atom. The lowest BCUT2D eigenvalue weighted by atomic mass is 10.1. The number of anilines is 1. The van der Waals surface area contributed by atoms with E-state index in [2.05, 4.69) is 5.32 Å². The summed E-state index contributed by atoms with van der Waals surface area (Å²) in [7, 11) is 0. The van der Waals surface area contributed by atoms with Gasteiger partial charge in [-0.25, -0.2) is 0 Å². The van der Waals surface area contributed by atoms with Crippen molar-refractivity contribution in [3.8, 4) is 5.75 Å². The first-order chi connectivity index (χ1) is 8.70. The van der Waals surface area contributed by atoms with E-state index < -0.39 is 0 Å². The monoisotopic (exact) mass is 241 g/mol. The van der Waals surface area contributed by atoms with Crippen LogP contribution in [0, 0.1) is 0 Å². The highest BCUT2D eigenvalue weighted by atomic mass is 16.3. The maximum atomic E-state index is 11.9. The molecule has 0 aliphatic rings. The van der Waals surface area contributed by atoms with Crippen LogP contribution in [0.4, 0.5) is 5.69 Å². The number of phenolic OH excluding ortho intramolecular Hbond substituents is 1. The third kappa shape index (κ3) is 2.55. The predicted molar refractivity (Wildman–Crippen MR) is 67.9 cm³/mol. The Labute approximate surface area is 104 Å². The van der Waals surface area contributed by atoms with Crippen molar-refractivity contribution < 1.29 is 14.7 Å². The van der Waals surface area contributed by atoms with Crippen LogP contribution in [0.3, 0.4) is 0 Å². The minimum Gasteiger partial charge on any atom is -0.508 e. The zero-order valence-corrected chi connectivity index (χ0v) is 9.46. The lowest BCUT2D eigenvalue weighted by Crippen LogP contribution is -2.13. The fourth-order valence-corrected chi connectivity index (χ4v) is 1.55. The molecule has 0 saturated carbocycles. The highest BCUT2D eigenvalue weighted by Crippen LogP contribution is 2.15. The largest absolute Gasteiger partial charge is 0.508 e. The van der Waals surface area contributed by atoms with Crippen molar-refractivity contribution in [3.63, 3.8) is 0 Å². The molecule has 0 bridgehead atoms. The lowest BCUT2D eigenvalue weighted by Gasteiger charge is -2.06. The molecule has 0 saturated heterocycles. The van der Waals surface area contributed by atoms with Crippen molar-refractivity contribution in [2.24, 2.45) is 0 Å². The van der Waals surface area contributed by atoms with E-state index >= 15 is 0 Å². The molecule has 0 aliphatic heterocycles. The molecule has 0 aliphatic carbocycles. The van der Waals surface area contributed by atoms with Crippen LogP contribution in [0.15, 0.2) is 48.5 Å². The second-order valence-electron chi connectivity index (χ2n) is 3.71. The van der Waals surface area contributed by atoms with Gasteiger partial charge in [0.05, 0.1) is 5.56 Å². The number of hydrogen-bond donors (Lipinski definition) is 2. The van der Waals surface area contributed by atoms with E-state index in [9.17, 15) is 9.59 Å². The molecule has 0 spiro atoms. The van der Waals surface area contributed by atoms with Gasteiger partial charge in [0.2, 0.25) is 0 Å². The lowest BCUT2D eigenvalue weighted by molar-refractivity contribution is 0.101. The summed E-state index contributed by atoms with van der Waals surface area (Å²) in [6.07, 6.45) is 0.645. The number of amides is 1. The number of rotatable bonds is 3. The van der Waals surface area contributed by atoms with Gasteiger partial charge in [-0.15, -0.1) is 0 Å². The molecule has 1 amide bonds. The topological polar surface area (TPSA) is 66.4 Å². The molecule has 0 heterocycles. The molecule has 0 atom stereocenters. The average molecular weight is 241 g/mol. The number of hydrogen-bond acceptors (Lipinski definition) is 3. The fourth-order valence-electron chi connectivity index (χ4n) is 1.55. The molecule has 2 N–H and O–H groups in total. The Balaban J connectivity index is 2.22. The second-order valence-corrected chi connectivity index (χ2v) is 3.71. The van der Waals surface area contributed by atoms with E-state index in [-0.39, 0.29) is 11.7 Å². The van der Waals surface area contributed by atoms with Gasteiger partial charge in [-0.1, -0.05) is 18.2 Å². The van der Waals surface area contributed by atoms with Crippen molar-refractivity contribution in [3.05, 3.63) is 59.7 Å². The van der Waals surface area contributed by atoms with Crippen molar-refractivity contribution >= 4 is 17.9 Å². The summed E-state index contributed by atoms with van der Waals surface area (Å²) in [5, 5.41) is 11.8. The van der Waals surface area contributed by atoms with Crippen molar-refractivity contribution in [1.29, 1.82) is 0 Å². The van der Waals surface area contributed by atoms with Gasteiger partial charge in [0.25, 0.3) is 5.91 Å². The zero-order chi connectivity index (χ0) is 13.0. The summed E-state index contributed by atoms with van der Waals surface area (Å²) in [4.78, 5) is 22.8. The first kappa shape index (κ1) is 11.9. The minimum absolute atomic E-state index is 0.126. The molecule has 18 heavy (non-hydrogen) atoms. The maximum absolute atomic E-state index is 11.9. The smallest absolute Gasteiger partial charge is 0.256 e. The molecule has 0 fully saturated rings. The third-order valence-corrected chi connectivity index (χ3v) is 2.46. The standard InChI is InChI=1S/C14H11NO3/c16-9-10-3-1-2-4-13(10)14(18)15-11-5-7-12(17)8-6-11/h1-9,17H,(H,15,18). The van der Waals surface area contributed by atoms with Crippen LogP contribution in [0.5, 0.6) is 5.75 Å². The predicted octanol–water partition coefficient (Wildman–Crippen LogP) is 2.46. The molecular formula is C14H11NO3. The van der Waals surface area contributed by atoms with E-state index in [1.54, 1.807) is 36.4 Å². The number of aromatic hydroxyl groups is 1. The summed E-state index contributed by atoms with van der Waals surface area (Å²) in [5.41, 5.74) is 1.22. The van der Waals surface area contributed by atoms with Gasteiger partial charge < -0.3 is 10.4 Å². The van der Waals surface area contributed by atoms with Crippen molar-refractivity contribution in [2.75, 3.05) is 5.32 Å². The minimum atomic E-state index is -0.358. The molecular weight excluding hydrogens is 230 g/mol. The Morgan fingerprint density at radius 1 is 1.06 bits per heavy atom. The molecule has 0 unspecified atom stereocenters. The van der Waals surface area contributed by atoms with Gasteiger partial charge in [0.1, 0.15) is 5.75 Å². The quantitative estimate of drug-likeness (QED) is 0.640. The first-order valence-corrected chi connectivity index (χ1v) is 5.35. The summed E-state index contributed by atoms with van der Waals surface area (Å²) < 4.78 is 0. The Bertz CT molecular complexity index is 576. The second kappa shape index (κ2) is 5.14. The Morgan fingerprint density at radius 2 is 1.72 bits per heavy atom. The van der Waals surface area contributed by atoms with Crippen LogP contribution < -0.4 is 5.32 Å². The molecule has 2 aromatic rings. The number of aldehydes is 1. The fraction of sp³-hybridized carbons (Fsp3) is 0. The number of benzene rings is 2. The summed E-state index contributed by atoms with van der Waals surface area (Å²) in [6, 6.07) is 12.7. The average Bonchev–Trinajstić information content (AvgIpc) is 2.41. The summed E-state index contributed by atoms with van der Waals surface area (Å²) in [5.74, 6) is -0.232. The Kier molecular flexibility index (Phi) is 3.38. The van der Waals surface area contributed by atoms with Crippen LogP contribution in [0.25, 0.3) is 0 Å². The van der Waals surface area contributed by atoms with Gasteiger partial charge in [0.15, 0.2) is 6.29 Å². The SMILES string of the molecule is O=Cc1ccccc1C(=O)Nc1ccc(O)cc1. The van der Waals surface area contributed by atoms with Crippen LogP contribution >= 0.6 is 0 Å². The van der Waals surface area contributed by atoms with Gasteiger partial charge in [-0.05, 0) is 30.3 Å². The zero-order valence-electron chi connectivity index (χ0n) is 9.46. The number of carbonyl (C=O) groups excluding carboxylic acids is 2. The van der Waals surface area contributed by atoms with Gasteiger partial charge >= 0.3 is 0 Å². The van der Waals surface area contributed by atoms with Crippen LogP contribution in [-0.4, -0.2) is 17.3 Å². The molecule has 90 valence electrons. The van der Waals surface area contributed by atoms with Gasteiger partial charge in [-0.2, -0.15) is 0 Å². The van der Waals surface area contributed by atoms with Crippen molar-refractivity contribution in [2.45, 2.75) is 0 Å². The summed E-state index contributed by atoms with van der Waals surface area (Å²) >= 11 is 0. The van der Waals surface area contributed by atoms with Crippen LogP contribution in [0.1, 0.15) is 20.7 Å². The molecule has 4 heteroatoms. The summed E-state index contributed by atoms with van der Waals surface area (Å²) in [6.45, 7) is 0. The van der Waals surface area contributed by atoms with E-state index in [1.165, 1.54) is 12.1 Å². The molecule has 4 nitrogen and oxygen atoms in total. The number of nitrogens with one attached hydrogen (secondary N) is 1. The van der Waals surface area contributed by atoms with Gasteiger partial charge in [-0.3, -0.25) is 9.59 Å². The van der Waals surface area contributed by atoms with Crippen molar-refractivity contribution in [1.82, 2.24) is 0 Å². The van der Waals surface area contributed by atoms with Crippen LogP contribution in [0.2, 0.25) is 0 Å². The van der Waals surface area contributed by atoms with E-state index in [4.69, 9.17) is 5.11 Å². The third-order valence-electron chi connectivity index (χ3n) is 2.46. The first-order valence-electron chi connectivity index (χ1n) is 5.35. The molecule has 0 aromatic heterocycles. The Hall–Kier alpha value is -2.62. The van der Waals surface area contributed by atoms with E-state index in [0.717, 1.165) is 0 Å². The molecule has 0 radical (unpaired) electrons. The normalized spacial score (nSPS) is 9.78. The molecule has 2 rings (SSSR count). The maximum Gasteiger partial charge on any atom is 0.256 e. The van der Waals surface area contributed by atoms with E-state index in [1.807, 2.05) is 0 Å².